The highest BCUT2D eigenvalue weighted by atomic mass is 19.1. The van der Waals surface area contributed by atoms with Crippen molar-refractivity contribution in [3.8, 4) is 11.3 Å². The van der Waals surface area contributed by atoms with Crippen molar-refractivity contribution in [3.05, 3.63) is 59.2 Å². The van der Waals surface area contributed by atoms with Gasteiger partial charge in [-0.1, -0.05) is 0 Å². The Morgan fingerprint density at radius 1 is 1.03 bits per heavy atom. The molecule has 1 saturated heterocycles. The molecule has 3 aromatic heterocycles. The van der Waals surface area contributed by atoms with Crippen LogP contribution in [0.25, 0.3) is 22.4 Å². The fourth-order valence-corrected chi connectivity index (χ4v) is 5.62. The summed E-state index contributed by atoms with van der Waals surface area (Å²) in [5.74, 6) is -0.0658. The molecule has 0 amide bonds. The van der Waals surface area contributed by atoms with Crippen LogP contribution in [0.5, 0.6) is 0 Å². The second kappa shape index (κ2) is 7.73. The predicted octanol–water partition coefficient (Wildman–Crippen LogP) is 4.27. The Hall–Kier alpha value is -3.53. The smallest absolute Gasteiger partial charge is 0.228 e. The Morgan fingerprint density at radius 3 is 2.58 bits per heavy atom. The van der Waals surface area contributed by atoms with Gasteiger partial charge in [-0.05, 0) is 51.2 Å². The maximum Gasteiger partial charge on any atom is 0.228 e. The Bertz CT molecular complexity index is 1500. The number of aryl methyl sites for hydroxylation is 2. The molecule has 4 aliphatic rings. The summed E-state index contributed by atoms with van der Waals surface area (Å²) in [6.07, 6.45) is 7.49. The fraction of sp³-hybridized carbons (Fsp3) is 0.423. The van der Waals surface area contributed by atoms with E-state index in [-0.39, 0.29) is 17.2 Å². The van der Waals surface area contributed by atoms with Crippen molar-refractivity contribution in [1.82, 2.24) is 29.7 Å². The highest BCUT2D eigenvalue weighted by Crippen LogP contribution is 2.62. The van der Waals surface area contributed by atoms with Gasteiger partial charge in [-0.3, -0.25) is 4.68 Å². The first-order valence-corrected chi connectivity index (χ1v) is 12.3. The van der Waals surface area contributed by atoms with Crippen LogP contribution in [0.15, 0.2) is 30.6 Å². The summed E-state index contributed by atoms with van der Waals surface area (Å²) in [5.41, 5.74) is 3.91. The standard InChI is InChI=1S/C26H25F2N7O/c1-14-15(2)31-24-23(30-14)22(19-4-3-18(27)7-20(19)28)32-25(33-24)34-5-6-36-21(13-34)17-11-29-35(12-17)26-8-16(9-26)10-26/h3-4,7,11-12,16,21H,5-6,8-10,13H2,1-2H3/t16?,21-,26?/m1/s1. The van der Waals surface area contributed by atoms with Crippen LogP contribution >= 0.6 is 0 Å². The van der Waals surface area contributed by atoms with E-state index in [1.54, 1.807) is 0 Å². The summed E-state index contributed by atoms with van der Waals surface area (Å²) in [5, 5.41) is 4.65. The third-order valence-electron chi connectivity index (χ3n) is 7.93. The molecule has 1 atom stereocenters. The van der Waals surface area contributed by atoms with E-state index < -0.39 is 11.6 Å². The lowest BCUT2D eigenvalue weighted by molar-refractivity contribution is -0.0979. The summed E-state index contributed by atoms with van der Waals surface area (Å²) in [7, 11) is 0. The number of benzene rings is 1. The summed E-state index contributed by atoms with van der Waals surface area (Å²) in [6.45, 7) is 5.28. The molecular formula is C26H25F2N7O. The molecule has 4 fully saturated rings. The highest BCUT2D eigenvalue weighted by molar-refractivity contribution is 5.88. The molecular weight excluding hydrogens is 464 g/mol. The zero-order valence-electron chi connectivity index (χ0n) is 20.1. The van der Waals surface area contributed by atoms with Crippen LogP contribution in [0, 0.1) is 31.4 Å². The van der Waals surface area contributed by atoms with Gasteiger partial charge in [-0.2, -0.15) is 10.1 Å². The number of nitrogens with zero attached hydrogens (tertiary/aromatic N) is 7. The SMILES string of the molecule is Cc1nc2nc(N3CCO[C@@H](c4cnn(C56CC(C5)C6)c4)C3)nc(-c3ccc(F)cc3F)c2nc1C. The molecule has 184 valence electrons. The number of hydrogen-bond donors (Lipinski definition) is 0. The maximum absolute atomic E-state index is 14.8. The predicted molar refractivity (Wildman–Crippen MR) is 128 cm³/mol. The number of rotatable bonds is 4. The molecule has 2 bridgehead atoms. The Labute approximate surface area is 206 Å². The van der Waals surface area contributed by atoms with Gasteiger partial charge in [0, 0.05) is 29.9 Å². The molecule has 4 heterocycles. The number of morpholine rings is 1. The van der Waals surface area contributed by atoms with E-state index in [9.17, 15) is 8.78 Å². The molecule has 4 aromatic rings. The molecule has 1 aliphatic heterocycles. The molecule has 0 N–H and O–H groups in total. The molecule has 36 heavy (non-hydrogen) atoms. The zero-order valence-corrected chi connectivity index (χ0v) is 20.1. The van der Waals surface area contributed by atoms with E-state index in [0.717, 1.165) is 23.2 Å². The van der Waals surface area contributed by atoms with Gasteiger partial charge in [0.2, 0.25) is 5.95 Å². The third-order valence-corrected chi connectivity index (χ3v) is 7.93. The van der Waals surface area contributed by atoms with Crippen LogP contribution in [0.2, 0.25) is 0 Å². The monoisotopic (exact) mass is 489 g/mol. The van der Waals surface area contributed by atoms with Crippen molar-refractivity contribution in [2.24, 2.45) is 5.92 Å². The van der Waals surface area contributed by atoms with Crippen LogP contribution in [0.1, 0.15) is 42.3 Å². The second-order valence-corrected chi connectivity index (χ2v) is 10.3. The first-order chi connectivity index (χ1) is 17.4. The van der Waals surface area contributed by atoms with Gasteiger partial charge in [0.1, 0.15) is 28.9 Å². The number of aromatic nitrogens is 6. The molecule has 0 radical (unpaired) electrons. The number of ether oxygens (including phenoxy) is 1. The molecule has 10 heteroatoms. The van der Waals surface area contributed by atoms with Gasteiger partial charge >= 0.3 is 0 Å². The summed E-state index contributed by atoms with van der Waals surface area (Å²) >= 11 is 0. The van der Waals surface area contributed by atoms with Gasteiger partial charge in [0.25, 0.3) is 0 Å². The van der Waals surface area contributed by atoms with Gasteiger partial charge in [0.15, 0.2) is 5.65 Å². The number of hydrogen-bond acceptors (Lipinski definition) is 7. The maximum atomic E-state index is 14.8. The second-order valence-electron chi connectivity index (χ2n) is 10.3. The van der Waals surface area contributed by atoms with Crippen molar-refractivity contribution < 1.29 is 13.5 Å². The largest absolute Gasteiger partial charge is 0.370 e. The first-order valence-electron chi connectivity index (χ1n) is 12.3. The minimum absolute atomic E-state index is 0.159. The molecule has 1 aromatic carbocycles. The zero-order chi connectivity index (χ0) is 24.6. The summed E-state index contributed by atoms with van der Waals surface area (Å²) in [6, 6.07) is 3.45. The van der Waals surface area contributed by atoms with Crippen LogP contribution in [0.4, 0.5) is 14.7 Å². The van der Waals surface area contributed by atoms with Crippen LogP contribution in [-0.4, -0.2) is 49.4 Å². The molecule has 0 unspecified atom stereocenters. The van der Waals surface area contributed by atoms with E-state index in [0.29, 0.717) is 48.2 Å². The Balaban J connectivity index is 1.26. The average molecular weight is 490 g/mol. The lowest BCUT2D eigenvalue weighted by Crippen LogP contribution is -2.59. The van der Waals surface area contributed by atoms with Crippen molar-refractivity contribution >= 4 is 17.1 Å². The summed E-state index contributed by atoms with van der Waals surface area (Å²) < 4.78 is 36.7. The van der Waals surface area contributed by atoms with Gasteiger partial charge in [-0.25, -0.2) is 23.7 Å². The van der Waals surface area contributed by atoms with E-state index in [1.807, 2.05) is 24.9 Å². The topological polar surface area (TPSA) is 81.9 Å². The normalized spacial score (nSPS) is 25.1. The van der Waals surface area contributed by atoms with Gasteiger partial charge in [0.05, 0.1) is 36.3 Å². The van der Waals surface area contributed by atoms with Crippen LogP contribution < -0.4 is 4.90 Å². The van der Waals surface area contributed by atoms with Crippen molar-refractivity contribution in [1.29, 1.82) is 0 Å². The minimum Gasteiger partial charge on any atom is -0.370 e. The quantitative estimate of drug-likeness (QED) is 0.424. The molecule has 3 aliphatic carbocycles. The van der Waals surface area contributed by atoms with Crippen molar-refractivity contribution in [3.63, 3.8) is 0 Å². The number of halogens is 2. The number of fused-ring (bicyclic) bond motifs is 1. The molecule has 0 spiro atoms. The fourth-order valence-electron chi connectivity index (χ4n) is 5.62. The van der Waals surface area contributed by atoms with Crippen molar-refractivity contribution in [2.45, 2.75) is 44.8 Å². The van der Waals surface area contributed by atoms with E-state index in [1.165, 1.54) is 31.4 Å². The average Bonchev–Trinajstić information content (AvgIpc) is 3.27. The third kappa shape index (κ3) is 3.31. The van der Waals surface area contributed by atoms with E-state index in [4.69, 9.17) is 14.7 Å². The van der Waals surface area contributed by atoms with E-state index in [2.05, 4.69) is 25.9 Å². The summed E-state index contributed by atoms with van der Waals surface area (Å²) in [4.78, 5) is 20.7. The van der Waals surface area contributed by atoms with E-state index >= 15 is 0 Å². The lowest BCUT2D eigenvalue weighted by atomic mass is 9.50. The van der Waals surface area contributed by atoms with Gasteiger partial charge in [-0.15, -0.1) is 0 Å². The highest BCUT2D eigenvalue weighted by Gasteiger charge is 2.58. The van der Waals surface area contributed by atoms with Crippen LogP contribution in [-0.2, 0) is 10.3 Å². The molecule has 3 saturated carbocycles. The van der Waals surface area contributed by atoms with Gasteiger partial charge < -0.3 is 9.64 Å². The lowest BCUT2D eigenvalue weighted by Gasteiger charge is -2.61. The molecule has 8 nitrogen and oxygen atoms in total. The molecule has 8 rings (SSSR count). The van der Waals surface area contributed by atoms with Crippen LogP contribution in [0.3, 0.4) is 0 Å². The number of anilines is 1. The minimum atomic E-state index is -0.707. The Morgan fingerprint density at radius 2 is 1.83 bits per heavy atom. The van der Waals surface area contributed by atoms with Crippen molar-refractivity contribution in [2.75, 3.05) is 24.6 Å². The Kier molecular flexibility index (Phi) is 4.67. The first kappa shape index (κ1) is 21.7.